The zero-order valence-corrected chi connectivity index (χ0v) is 32.9. The van der Waals surface area contributed by atoms with E-state index in [4.69, 9.17) is 16.7 Å². The van der Waals surface area contributed by atoms with E-state index in [9.17, 15) is 18.8 Å². The van der Waals surface area contributed by atoms with Crippen LogP contribution in [-0.2, 0) is 16.0 Å². The van der Waals surface area contributed by atoms with Crippen molar-refractivity contribution in [3.63, 3.8) is 0 Å². The van der Waals surface area contributed by atoms with Crippen molar-refractivity contribution in [2.45, 2.75) is 63.2 Å². The average molecular weight is 798 g/mol. The lowest BCUT2D eigenvalue weighted by molar-refractivity contribution is -0.133. The number of carbonyl (C=O) groups is 3. The van der Waals surface area contributed by atoms with E-state index in [2.05, 4.69) is 70.1 Å². The molecule has 0 spiro atoms. The summed E-state index contributed by atoms with van der Waals surface area (Å²) in [4.78, 5) is 50.9. The van der Waals surface area contributed by atoms with Gasteiger partial charge < -0.3 is 30.7 Å². The van der Waals surface area contributed by atoms with Crippen molar-refractivity contribution < 1.29 is 18.8 Å². The number of piperazine rings is 1. The maximum atomic E-state index is 13.5. The van der Waals surface area contributed by atoms with Gasteiger partial charge in [-0.1, -0.05) is 17.7 Å². The van der Waals surface area contributed by atoms with Crippen LogP contribution in [0, 0.1) is 5.92 Å². The monoisotopic (exact) mass is 797 g/mol. The summed E-state index contributed by atoms with van der Waals surface area (Å²) in [5.41, 5.74) is 7.14. The van der Waals surface area contributed by atoms with Crippen LogP contribution < -0.4 is 36.0 Å². The zero-order valence-electron chi connectivity index (χ0n) is 32.1. The first-order valence-electron chi connectivity index (χ1n) is 20.3. The quantitative estimate of drug-likeness (QED) is 0.158. The minimum atomic E-state index is -0.989. The third-order valence-corrected chi connectivity index (χ3v) is 12.6. The standard InChI is InChI=1S/C41H49ClFN11O3/c1-44-33-23-37(49-54-36(24-45-39(33)54)41(57)47-32-22-29(32)43)53-16-12-27-34(3-2-4-35(27)53)52-14-10-25(11-15-52)9-13-50-17-19-51(20-18-50)26-5-6-30(28(42)21-26)46-31-7-8-38(55)48-40(31)56/h2-6,21,23-25,29,31-32,44,46H,7-20,22H2,1H3,(H,47,57)(H,48,55,56)/t29-,31?,32+/m0/s1. The van der Waals surface area contributed by atoms with Gasteiger partial charge in [-0.15, -0.1) is 5.10 Å². The van der Waals surface area contributed by atoms with E-state index in [1.165, 1.54) is 36.7 Å². The van der Waals surface area contributed by atoms with Gasteiger partial charge in [-0.05, 0) is 74.9 Å². The molecular weight excluding hydrogens is 749 g/mol. The van der Waals surface area contributed by atoms with Gasteiger partial charge in [-0.2, -0.15) is 0 Å². The molecule has 14 nitrogen and oxygen atoms in total. The first-order valence-corrected chi connectivity index (χ1v) is 20.6. The minimum absolute atomic E-state index is 0.234. The molecule has 1 saturated carbocycles. The number of imidazole rings is 1. The molecule has 3 amide bonds. The van der Waals surface area contributed by atoms with Gasteiger partial charge >= 0.3 is 0 Å². The molecule has 1 aliphatic carbocycles. The van der Waals surface area contributed by atoms with Crippen LogP contribution in [-0.4, -0.2) is 115 Å². The molecule has 6 heterocycles. The molecule has 16 heteroatoms. The number of rotatable bonds is 11. The van der Waals surface area contributed by atoms with Gasteiger partial charge in [-0.25, -0.2) is 13.9 Å². The molecular formula is C41H49ClFN11O3. The molecule has 3 saturated heterocycles. The third-order valence-electron chi connectivity index (χ3n) is 12.3. The van der Waals surface area contributed by atoms with Gasteiger partial charge in [0.2, 0.25) is 11.8 Å². The summed E-state index contributed by atoms with van der Waals surface area (Å²) in [6, 6.07) is 13.6. The summed E-state index contributed by atoms with van der Waals surface area (Å²) < 4.78 is 15.1. The lowest BCUT2D eigenvalue weighted by atomic mass is 9.92. The van der Waals surface area contributed by atoms with Crippen LogP contribution in [0.5, 0.6) is 0 Å². The number of piperidine rings is 2. The fourth-order valence-corrected chi connectivity index (χ4v) is 9.06. The van der Waals surface area contributed by atoms with Crippen molar-refractivity contribution in [3.8, 4) is 0 Å². The van der Waals surface area contributed by atoms with Crippen LogP contribution in [0.15, 0.2) is 48.7 Å². The van der Waals surface area contributed by atoms with E-state index in [1.54, 1.807) is 4.52 Å². The van der Waals surface area contributed by atoms with Crippen molar-refractivity contribution in [3.05, 3.63) is 64.9 Å². The molecule has 4 fully saturated rings. The number of imide groups is 1. The Bertz CT molecular complexity index is 2180. The Kier molecular flexibility index (Phi) is 10.3. The average Bonchev–Trinajstić information content (AvgIpc) is 3.54. The summed E-state index contributed by atoms with van der Waals surface area (Å²) >= 11 is 6.64. The topological polar surface area (TPSA) is 142 Å². The number of fused-ring (bicyclic) bond motifs is 2. The Hall–Kier alpha value is -5.15. The molecule has 4 N–H and O–H groups in total. The number of benzene rings is 2. The van der Waals surface area contributed by atoms with E-state index in [0.717, 1.165) is 81.7 Å². The summed E-state index contributed by atoms with van der Waals surface area (Å²) in [5.74, 6) is 0.510. The lowest BCUT2D eigenvalue weighted by Gasteiger charge is -2.38. The highest BCUT2D eigenvalue weighted by atomic mass is 35.5. The van der Waals surface area contributed by atoms with Crippen LogP contribution in [0.4, 0.5) is 38.6 Å². The fraction of sp³-hybridized carbons (Fsp3) is 0.488. The van der Waals surface area contributed by atoms with Crippen LogP contribution >= 0.6 is 11.6 Å². The van der Waals surface area contributed by atoms with Gasteiger partial charge in [-0.3, -0.25) is 24.6 Å². The van der Waals surface area contributed by atoms with E-state index >= 15 is 0 Å². The molecule has 3 atom stereocenters. The molecule has 0 radical (unpaired) electrons. The van der Waals surface area contributed by atoms with Crippen molar-refractivity contribution in [1.82, 2.24) is 30.1 Å². The van der Waals surface area contributed by atoms with Crippen LogP contribution in [0.3, 0.4) is 0 Å². The number of hydrogen-bond donors (Lipinski definition) is 4. The van der Waals surface area contributed by atoms with Gasteiger partial charge in [0.05, 0.1) is 28.6 Å². The highest BCUT2D eigenvalue weighted by Crippen LogP contribution is 2.41. The van der Waals surface area contributed by atoms with Crippen LogP contribution in [0.1, 0.15) is 54.6 Å². The van der Waals surface area contributed by atoms with E-state index in [1.807, 2.05) is 25.2 Å². The maximum absolute atomic E-state index is 13.5. The van der Waals surface area contributed by atoms with Crippen molar-refractivity contribution >= 4 is 69.2 Å². The predicted octanol–water partition coefficient (Wildman–Crippen LogP) is 4.60. The molecule has 5 aliphatic rings. The minimum Gasteiger partial charge on any atom is -0.385 e. The number of hydrogen-bond acceptors (Lipinski definition) is 11. The number of nitrogens with zero attached hydrogens (tertiary/aromatic N) is 7. The number of nitrogens with one attached hydrogen (secondary N) is 4. The molecule has 1 unspecified atom stereocenters. The molecule has 9 rings (SSSR count). The molecule has 4 aliphatic heterocycles. The third kappa shape index (κ3) is 7.66. The second kappa shape index (κ2) is 15.7. The molecule has 2 aromatic heterocycles. The van der Waals surface area contributed by atoms with Crippen LogP contribution in [0.2, 0.25) is 5.02 Å². The van der Waals surface area contributed by atoms with Gasteiger partial charge in [0.15, 0.2) is 17.2 Å². The van der Waals surface area contributed by atoms with Crippen molar-refractivity contribution in [2.75, 3.05) is 84.7 Å². The normalized spacial score (nSPS) is 22.8. The smallest absolute Gasteiger partial charge is 0.271 e. The lowest BCUT2D eigenvalue weighted by Crippen LogP contribution is -2.47. The fourth-order valence-electron chi connectivity index (χ4n) is 8.83. The highest BCUT2D eigenvalue weighted by Gasteiger charge is 2.39. The number of amides is 3. The van der Waals surface area contributed by atoms with Gasteiger partial charge in [0.1, 0.15) is 12.2 Å². The summed E-state index contributed by atoms with van der Waals surface area (Å²) in [5, 5.41) is 17.0. The number of anilines is 6. The van der Waals surface area contributed by atoms with E-state index < -0.39 is 18.3 Å². The molecule has 57 heavy (non-hydrogen) atoms. The highest BCUT2D eigenvalue weighted by molar-refractivity contribution is 6.33. The molecule has 2 aromatic carbocycles. The van der Waals surface area contributed by atoms with Gasteiger partial charge in [0.25, 0.3) is 5.91 Å². The Balaban J connectivity index is 0.773. The Morgan fingerprint density at radius 3 is 2.47 bits per heavy atom. The largest absolute Gasteiger partial charge is 0.385 e. The first kappa shape index (κ1) is 37.4. The second-order valence-corrected chi connectivity index (χ2v) is 16.3. The van der Waals surface area contributed by atoms with E-state index in [0.29, 0.717) is 41.5 Å². The van der Waals surface area contributed by atoms with Crippen molar-refractivity contribution in [2.24, 2.45) is 5.92 Å². The Morgan fingerprint density at radius 1 is 0.947 bits per heavy atom. The number of halogens is 2. The summed E-state index contributed by atoms with van der Waals surface area (Å²) in [7, 11) is 1.83. The van der Waals surface area contributed by atoms with E-state index in [-0.39, 0.29) is 23.4 Å². The molecule has 0 bridgehead atoms. The molecule has 4 aromatic rings. The van der Waals surface area contributed by atoms with Gasteiger partial charge in [0, 0.05) is 94.4 Å². The maximum Gasteiger partial charge on any atom is 0.271 e. The summed E-state index contributed by atoms with van der Waals surface area (Å²) in [6.07, 6.45) is 6.08. The number of aromatic nitrogens is 3. The number of carbonyl (C=O) groups excluding carboxylic acids is 3. The summed E-state index contributed by atoms with van der Waals surface area (Å²) in [6.45, 7) is 7.83. The predicted molar refractivity (Wildman–Crippen MR) is 220 cm³/mol. The SMILES string of the molecule is CNc1cc(N2CCc3c(N4CCC(CCN5CCN(c6ccc(NC7CCC(=O)NC7=O)c(Cl)c6)CC5)CC4)cccc32)nn2c(C(=O)N[C@@H]3C[C@@H]3F)cnc12. The first-order chi connectivity index (χ1) is 27.7. The Labute approximate surface area is 336 Å². The molecule has 300 valence electrons. The second-order valence-electron chi connectivity index (χ2n) is 15.9. The van der Waals surface area contributed by atoms with Crippen LogP contribution in [0.25, 0.3) is 5.65 Å². The van der Waals surface area contributed by atoms with Crippen molar-refractivity contribution in [1.29, 1.82) is 0 Å². The zero-order chi connectivity index (χ0) is 39.2. The Morgan fingerprint density at radius 2 is 1.74 bits per heavy atom. The number of alkyl halides is 1.